The Morgan fingerprint density at radius 2 is 2.20 bits per heavy atom. The predicted molar refractivity (Wildman–Crippen MR) is 59.3 cm³/mol. The SMILES string of the molecule is CC1OCCC1C(=O)c1ccccc1Cl. The molecule has 0 aromatic heterocycles. The molecule has 1 aromatic rings. The second-order valence-corrected chi connectivity index (χ2v) is 4.22. The molecule has 80 valence electrons. The average Bonchev–Trinajstić information content (AvgIpc) is 2.64. The van der Waals surface area contributed by atoms with Gasteiger partial charge < -0.3 is 4.74 Å². The molecule has 0 aliphatic carbocycles. The van der Waals surface area contributed by atoms with E-state index in [2.05, 4.69) is 0 Å². The number of benzene rings is 1. The Hall–Kier alpha value is -0.860. The number of halogens is 1. The lowest BCUT2D eigenvalue weighted by Gasteiger charge is -2.13. The molecular weight excluding hydrogens is 212 g/mol. The van der Waals surface area contributed by atoms with Crippen molar-refractivity contribution in [3.05, 3.63) is 34.9 Å². The van der Waals surface area contributed by atoms with E-state index in [4.69, 9.17) is 16.3 Å². The van der Waals surface area contributed by atoms with E-state index in [1.807, 2.05) is 19.1 Å². The minimum atomic E-state index is -0.0371. The van der Waals surface area contributed by atoms with Gasteiger partial charge in [0.25, 0.3) is 0 Å². The molecule has 0 amide bonds. The molecule has 0 saturated carbocycles. The van der Waals surface area contributed by atoms with Crippen LogP contribution in [0, 0.1) is 5.92 Å². The van der Waals surface area contributed by atoms with Crippen molar-refractivity contribution in [3.8, 4) is 0 Å². The topological polar surface area (TPSA) is 26.3 Å². The summed E-state index contributed by atoms with van der Waals surface area (Å²) in [6.45, 7) is 2.61. The van der Waals surface area contributed by atoms with Crippen LogP contribution in [0.5, 0.6) is 0 Å². The summed E-state index contributed by atoms with van der Waals surface area (Å²) >= 11 is 5.98. The fourth-order valence-electron chi connectivity index (χ4n) is 1.94. The molecule has 0 spiro atoms. The van der Waals surface area contributed by atoms with Crippen molar-refractivity contribution < 1.29 is 9.53 Å². The van der Waals surface area contributed by atoms with Crippen LogP contribution in [-0.2, 0) is 4.74 Å². The summed E-state index contributed by atoms with van der Waals surface area (Å²) in [5.74, 6) is 0.0653. The Bertz CT molecular complexity index is 376. The van der Waals surface area contributed by atoms with Crippen LogP contribution in [0.2, 0.25) is 5.02 Å². The molecule has 2 atom stereocenters. The first kappa shape index (κ1) is 10.7. The zero-order chi connectivity index (χ0) is 10.8. The van der Waals surface area contributed by atoms with E-state index in [9.17, 15) is 4.79 Å². The van der Waals surface area contributed by atoms with Crippen LogP contribution in [0.4, 0.5) is 0 Å². The molecule has 1 aromatic carbocycles. The number of hydrogen-bond acceptors (Lipinski definition) is 2. The maximum Gasteiger partial charge on any atom is 0.170 e. The predicted octanol–water partition coefficient (Wildman–Crippen LogP) is 2.95. The van der Waals surface area contributed by atoms with E-state index >= 15 is 0 Å². The van der Waals surface area contributed by atoms with Gasteiger partial charge in [-0.15, -0.1) is 0 Å². The van der Waals surface area contributed by atoms with Gasteiger partial charge in [0.1, 0.15) is 0 Å². The Balaban J connectivity index is 2.24. The minimum Gasteiger partial charge on any atom is -0.378 e. The van der Waals surface area contributed by atoms with Crippen LogP contribution < -0.4 is 0 Å². The van der Waals surface area contributed by atoms with E-state index in [1.54, 1.807) is 12.1 Å². The van der Waals surface area contributed by atoms with E-state index in [0.29, 0.717) is 17.2 Å². The largest absolute Gasteiger partial charge is 0.378 e. The van der Waals surface area contributed by atoms with Crippen molar-refractivity contribution >= 4 is 17.4 Å². The Labute approximate surface area is 94.2 Å². The molecule has 15 heavy (non-hydrogen) atoms. The highest BCUT2D eigenvalue weighted by molar-refractivity contribution is 6.34. The van der Waals surface area contributed by atoms with Gasteiger partial charge in [-0.2, -0.15) is 0 Å². The van der Waals surface area contributed by atoms with Gasteiger partial charge in [-0.05, 0) is 25.5 Å². The molecule has 0 radical (unpaired) electrons. The Morgan fingerprint density at radius 1 is 1.47 bits per heavy atom. The van der Waals surface area contributed by atoms with E-state index in [-0.39, 0.29) is 17.8 Å². The normalized spacial score (nSPS) is 25.5. The van der Waals surface area contributed by atoms with Crippen molar-refractivity contribution in [2.45, 2.75) is 19.4 Å². The highest BCUT2D eigenvalue weighted by atomic mass is 35.5. The number of rotatable bonds is 2. The van der Waals surface area contributed by atoms with Gasteiger partial charge in [-0.25, -0.2) is 0 Å². The zero-order valence-electron chi connectivity index (χ0n) is 8.57. The van der Waals surface area contributed by atoms with Gasteiger partial charge in [0.05, 0.1) is 17.0 Å². The molecule has 1 saturated heterocycles. The molecule has 0 N–H and O–H groups in total. The maximum absolute atomic E-state index is 12.1. The molecule has 2 rings (SSSR count). The summed E-state index contributed by atoms with van der Waals surface area (Å²) < 4.78 is 5.38. The quantitative estimate of drug-likeness (QED) is 0.722. The molecule has 2 unspecified atom stereocenters. The fraction of sp³-hybridized carbons (Fsp3) is 0.417. The number of carbonyl (C=O) groups is 1. The average molecular weight is 225 g/mol. The molecule has 2 nitrogen and oxygen atoms in total. The summed E-state index contributed by atoms with van der Waals surface area (Å²) in [5.41, 5.74) is 0.613. The highest BCUT2D eigenvalue weighted by Gasteiger charge is 2.31. The number of Topliss-reactive ketones (excluding diaryl/α,β-unsaturated/α-hetero) is 1. The molecule has 3 heteroatoms. The first-order valence-corrected chi connectivity index (χ1v) is 5.48. The summed E-state index contributed by atoms with van der Waals surface area (Å²) in [6, 6.07) is 7.18. The Kier molecular flexibility index (Phi) is 3.08. The molecule has 1 heterocycles. The second-order valence-electron chi connectivity index (χ2n) is 3.82. The standard InChI is InChI=1S/C12H13ClO2/c1-8-9(6-7-15-8)12(14)10-4-2-3-5-11(10)13/h2-5,8-9H,6-7H2,1H3. The summed E-state index contributed by atoms with van der Waals surface area (Å²) in [4.78, 5) is 12.1. The van der Waals surface area contributed by atoms with Crippen molar-refractivity contribution in [2.75, 3.05) is 6.61 Å². The fourth-order valence-corrected chi connectivity index (χ4v) is 2.17. The van der Waals surface area contributed by atoms with Crippen LogP contribution in [0.25, 0.3) is 0 Å². The monoisotopic (exact) mass is 224 g/mol. The Morgan fingerprint density at radius 3 is 2.80 bits per heavy atom. The lowest BCUT2D eigenvalue weighted by Crippen LogP contribution is -2.21. The number of ether oxygens (including phenoxy) is 1. The third kappa shape index (κ3) is 2.06. The third-order valence-electron chi connectivity index (χ3n) is 2.85. The zero-order valence-corrected chi connectivity index (χ0v) is 9.33. The summed E-state index contributed by atoms with van der Waals surface area (Å²) in [5, 5.41) is 0.529. The summed E-state index contributed by atoms with van der Waals surface area (Å²) in [6.07, 6.45) is 0.805. The molecular formula is C12H13ClO2. The number of ketones is 1. The van der Waals surface area contributed by atoms with Gasteiger partial charge in [0.2, 0.25) is 0 Å². The first-order valence-electron chi connectivity index (χ1n) is 5.10. The van der Waals surface area contributed by atoms with Gasteiger partial charge in [-0.1, -0.05) is 23.7 Å². The minimum absolute atomic E-state index is 0.00812. The van der Waals surface area contributed by atoms with Crippen molar-refractivity contribution in [3.63, 3.8) is 0 Å². The van der Waals surface area contributed by atoms with Gasteiger partial charge in [-0.3, -0.25) is 4.79 Å². The molecule has 1 aliphatic rings. The summed E-state index contributed by atoms with van der Waals surface area (Å²) in [7, 11) is 0. The van der Waals surface area contributed by atoms with Crippen LogP contribution in [0.15, 0.2) is 24.3 Å². The van der Waals surface area contributed by atoms with Crippen LogP contribution in [0.1, 0.15) is 23.7 Å². The van der Waals surface area contributed by atoms with Crippen molar-refractivity contribution in [1.29, 1.82) is 0 Å². The van der Waals surface area contributed by atoms with E-state index in [1.165, 1.54) is 0 Å². The lowest BCUT2D eigenvalue weighted by atomic mass is 9.92. The lowest BCUT2D eigenvalue weighted by molar-refractivity contribution is 0.0764. The van der Waals surface area contributed by atoms with Gasteiger partial charge in [0.15, 0.2) is 5.78 Å². The van der Waals surface area contributed by atoms with Gasteiger partial charge >= 0.3 is 0 Å². The maximum atomic E-state index is 12.1. The van der Waals surface area contributed by atoms with Crippen molar-refractivity contribution in [1.82, 2.24) is 0 Å². The van der Waals surface area contributed by atoms with Gasteiger partial charge in [0, 0.05) is 12.2 Å². The van der Waals surface area contributed by atoms with Crippen LogP contribution in [0.3, 0.4) is 0 Å². The van der Waals surface area contributed by atoms with E-state index < -0.39 is 0 Å². The third-order valence-corrected chi connectivity index (χ3v) is 3.18. The number of hydrogen-bond donors (Lipinski definition) is 0. The second kappa shape index (κ2) is 4.33. The van der Waals surface area contributed by atoms with E-state index in [0.717, 1.165) is 6.42 Å². The smallest absolute Gasteiger partial charge is 0.170 e. The van der Waals surface area contributed by atoms with Crippen LogP contribution in [-0.4, -0.2) is 18.5 Å². The van der Waals surface area contributed by atoms with Crippen molar-refractivity contribution in [2.24, 2.45) is 5.92 Å². The first-order chi connectivity index (χ1) is 7.20. The molecule has 1 fully saturated rings. The molecule has 0 bridgehead atoms. The van der Waals surface area contributed by atoms with Crippen LogP contribution >= 0.6 is 11.6 Å². The number of carbonyl (C=O) groups excluding carboxylic acids is 1. The highest BCUT2D eigenvalue weighted by Crippen LogP contribution is 2.27. The molecule has 1 aliphatic heterocycles.